The van der Waals surface area contributed by atoms with Crippen LogP contribution in [0.4, 0.5) is 13.2 Å². The highest BCUT2D eigenvalue weighted by Crippen LogP contribution is 2.44. The molecule has 1 aliphatic heterocycles. The Morgan fingerprint density at radius 1 is 1.33 bits per heavy atom. The molecule has 1 aromatic carbocycles. The summed E-state index contributed by atoms with van der Waals surface area (Å²) in [6.45, 7) is 0.104. The molecule has 0 amide bonds. The fraction of sp³-hybridized carbons (Fsp3) is 0.417. The number of hydrogen-bond donors (Lipinski definition) is 1. The monoisotopic (exact) mass is 260 g/mol. The van der Waals surface area contributed by atoms with Gasteiger partial charge in [0.1, 0.15) is 0 Å². The van der Waals surface area contributed by atoms with E-state index in [9.17, 15) is 18.0 Å². The lowest BCUT2D eigenvalue weighted by atomic mass is 9.86. The van der Waals surface area contributed by atoms with E-state index in [2.05, 4.69) is 0 Å². The van der Waals surface area contributed by atoms with Gasteiger partial charge in [0.05, 0.1) is 12.2 Å². The van der Waals surface area contributed by atoms with Crippen molar-refractivity contribution in [3.63, 3.8) is 0 Å². The SMILES string of the molecule is O=C(O)c1ccc(CC2(C(F)(F)F)CCO2)cc1. The molecule has 1 N–H and O–H groups in total. The van der Waals surface area contributed by atoms with Crippen LogP contribution >= 0.6 is 0 Å². The minimum atomic E-state index is -4.41. The predicted octanol–water partition coefficient (Wildman–Crippen LogP) is 2.65. The van der Waals surface area contributed by atoms with Gasteiger partial charge < -0.3 is 9.84 Å². The van der Waals surface area contributed by atoms with Gasteiger partial charge in [-0.25, -0.2) is 4.79 Å². The standard InChI is InChI=1S/C12H11F3O3/c13-12(14,15)11(5-6-18-11)7-8-1-3-9(4-2-8)10(16)17/h1-4H,5-7H2,(H,16,17). The van der Waals surface area contributed by atoms with Crippen LogP contribution in [0.1, 0.15) is 22.3 Å². The van der Waals surface area contributed by atoms with Crippen molar-refractivity contribution in [2.24, 2.45) is 0 Å². The van der Waals surface area contributed by atoms with Gasteiger partial charge in [0.2, 0.25) is 0 Å². The van der Waals surface area contributed by atoms with Crippen LogP contribution in [0, 0.1) is 0 Å². The molecule has 0 bridgehead atoms. The van der Waals surface area contributed by atoms with Crippen molar-refractivity contribution in [3.05, 3.63) is 35.4 Å². The maximum atomic E-state index is 12.8. The molecule has 0 spiro atoms. The van der Waals surface area contributed by atoms with E-state index >= 15 is 0 Å². The van der Waals surface area contributed by atoms with Gasteiger partial charge in [0.15, 0.2) is 5.60 Å². The lowest BCUT2D eigenvalue weighted by Crippen LogP contribution is -2.57. The Balaban J connectivity index is 2.16. The van der Waals surface area contributed by atoms with Gasteiger partial charge in [0.25, 0.3) is 0 Å². The molecule has 1 saturated heterocycles. The van der Waals surface area contributed by atoms with Crippen LogP contribution in [0.2, 0.25) is 0 Å². The third-order valence-corrected chi connectivity index (χ3v) is 3.09. The Hall–Kier alpha value is -1.56. The van der Waals surface area contributed by atoms with E-state index in [1.165, 1.54) is 24.3 Å². The minimum absolute atomic E-state index is 0.0503. The van der Waals surface area contributed by atoms with Gasteiger partial charge in [-0.05, 0) is 17.7 Å². The van der Waals surface area contributed by atoms with Crippen molar-refractivity contribution in [3.8, 4) is 0 Å². The van der Waals surface area contributed by atoms with E-state index in [1.54, 1.807) is 0 Å². The van der Waals surface area contributed by atoms with Crippen molar-refractivity contribution >= 4 is 5.97 Å². The first-order valence-electron chi connectivity index (χ1n) is 5.37. The molecule has 2 rings (SSSR count). The predicted molar refractivity (Wildman–Crippen MR) is 56.5 cm³/mol. The minimum Gasteiger partial charge on any atom is -0.478 e. The van der Waals surface area contributed by atoms with Gasteiger partial charge in [-0.2, -0.15) is 13.2 Å². The second-order valence-electron chi connectivity index (χ2n) is 4.27. The first-order valence-corrected chi connectivity index (χ1v) is 5.37. The van der Waals surface area contributed by atoms with Crippen LogP contribution in [0.5, 0.6) is 0 Å². The van der Waals surface area contributed by atoms with E-state index in [0.29, 0.717) is 5.56 Å². The Kier molecular flexibility index (Phi) is 3.06. The second kappa shape index (κ2) is 4.28. The zero-order chi connectivity index (χ0) is 13.4. The van der Waals surface area contributed by atoms with Crippen molar-refractivity contribution in [2.45, 2.75) is 24.6 Å². The number of hydrogen-bond acceptors (Lipinski definition) is 2. The maximum absolute atomic E-state index is 12.8. The lowest BCUT2D eigenvalue weighted by Gasteiger charge is -2.43. The van der Waals surface area contributed by atoms with Gasteiger partial charge in [-0.1, -0.05) is 12.1 Å². The molecule has 0 aromatic heterocycles. The molecule has 6 heteroatoms. The van der Waals surface area contributed by atoms with Gasteiger partial charge >= 0.3 is 12.1 Å². The summed E-state index contributed by atoms with van der Waals surface area (Å²) in [6.07, 6.45) is -4.75. The topological polar surface area (TPSA) is 46.5 Å². The van der Waals surface area contributed by atoms with Crippen molar-refractivity contribution in [2.75, 3.05) is 6.61 Å². The van der Waals surface area contributed by atoms with Gasteiger partial charge in [0, 0.05) is 12.8 Å². The van der Waals surface area contributed by atoms with Crippen molar-refractivity contribution in [1.82, 2.24) is 0 Å². The van der Waals surface area contributed by atoms with Crippen LogP contribution in [-0.2, 0) is 11.2 Å². The largest absolute Gasteiger partial charge is 0.478 e. The van der Waals surface area contributed by atoms with Gasteiger partial charge in [-0.15, -0.1) is 0 Å². The number of halogens is 3. The molecule has 18 heavy (non-hydrogen) atoms. The average Bonchev–Trinajstić information content (AvgIpc) is 2.22. The summed E-state index contributed by atoms with van der Waals surface area (Å²) in [4.78, 5) is 10.6. The highest BCUT2D eigenvalue weighted by atomic mass is 19.4. The molecule has 1 unspecified atom stereocenters. The molecule has 98 valence electrons. The number of carboxylic acid groups (broad SMARTS) is 1. The molecular formula is C12H11F3O3. The summed E-state index contributed by atoms with van der Waals surface area (Å²) in [5.74, 6) is -1.10. The second-order valence-corrected chi connectivity index (χ2v) is 4.27. The smallest absolute Gasteiger partial charge is 0.417 e. The summed E-state index contributed by atoms with van der Waals surface area (Å²) in [6, 6.07) is 5.36. The molecule has 1 heterocycles. The van der Waals surface area contributed by atoms with Crippen LogP contribution < -0.4 is 0 Å². The lowest BCUT2D eigenvalue weighted by molar-refractivity contribution is -0.324. The van der Waals surface area contributed by atoms with Crippen LogP contribution in [0.15, 0.2) is 24.3 Å². The molecular weight excluding hydrogens is 249 g/mol. The third kappa shape index (κ3) is 2.20. The summed E-state index contributed by atoms with van der Waals surface area (Å²) < 4.78 is 43.2. The molecule has 0 radical (unpaired) electrons. The van der Waals surface area contributed by atoms with Crippen molar-refractivity contribution < 1.29 is 27.8 Å². The molecule has 1 aliphatic rings. The Bertz CT molecular complexity index is 447. The van der Waals surface area contributed by atoms with Crippen LogP contribution in [-0.4, -0.2) is 29.5 Å². The first-order chi connectivity index (χ1) is 8.34. The fourth-order valence-electron chi connectivity index (χ4n) is 1.91. The maximum Gasteiger partial charge on any atom is 0.417 e. The normalized spacial score (nSPS) is 23.5. The highest BCUT2D eigenvalue weighted by molar-refractivity contribution is 5.87. The number of rotatable bonds is 3. The number of benzene rings is 1. The quantitative estimate of drug-likeness (QED) is 0.908. The van der Waals surface area contributed by atoms with E-state index in [0.717, 1.165) is 0 Å². The molecule has 1 fully saturated rings. The number of alkyl halides is 3. The number of carbonyl (C=O) groups is 1. The molecule has 1 aromatic rings. The van der Waals surface area contributed by atoms with E-state index in [4.69, 9.17) is 9.84 Å². The summed E-state index contributed by atoms with van der Waals surface area (Å²) >= 11 is 0. The zero-order valence-corrected chi connectivity index (χ0v) is 9.33. The molecule has 0 saturated carbocycles. The van der Waals surface area contributed by atoms with Crippen LogP contribution in [0.3, 0.4) is 0 Å². The highest BCUT2D eigenvalue weighted by Gasteiger charge is 2.59. The van der Waals surface area contributed by atoms with Crippen LogP contribution in [0.25, 0.3) is 0 Å². The molecule has 1 atom stereocenters. The number of ether oxygens (including phenoxy) is 1. The zero-order valence-electron chi connectivity index (χ0n) is 9.33. The number of carboxylic acids is 1. The Morgan fingerprint density at radius 3 is 2.22 bits per heavy atom. The Morgan fingerprint density at radius 2 is 1.89 bits per heavy atom. The summed E-state index contributed by atoms with van der Waals surface area (Å²) in [5, 5.41) is 8.69. The number of aromatic carboxylic acids is 1. The molecule has 3 nitrogen and oxygen atoms in total. The summed E-state index contributed by atoms with van der Waals surface area (Å²) in [7, 11) is 0. The van der Waals surface area contributed by atoms with Crippen molar-refractivity contribution in [1.29, 1.82) is 0 Å². The van der Waals surface area contributed by atoms with E-state index in [-0.39, 0.29) is 25.0 Å². The molecule has 0 aliphatic carbocycles. The Labute approximate surface area is 101 Å². The fourth-order valence-corrected chi connectivity index (χ4v) is 1.91. The first kappa shape index (κ1) is 12.9. The third-order valence-electron chi connectivity index (χ3n) is 3.09. The van der Waals surface area contributed by atoms with E-state index in [1.807, 2.05) is 0 Å². The summed E-state index contributed by atoms with van der Waals surface area (Å²) in [5.41, 5.74) is -1.64. The van der Waals surface area contributed by atoms with E-state index < -0.39 is 17.7 Å². The van der Waals surface area contributed by atoms with Gasteiger partial charge in [-0.3, -0.25) is 0 Å². The average molecular weight is 260 g/mol.